The molecule has 6 nitrogen and oxygen atoms in total. The van der Waals surface area contributed by atoms with Crippen LogP contribution in [0.25, 0.3) is 0 Å². The predicted molar refractivity (Wildman–Crippen MR) is 106 cm³/mol. The van der Waals surface area contributed by atoms with Gasteiger partial charge in [-0.3, -0.25) is 9.59 Å². The van der Waals surface area contributed by atoms with E-state index >= 15 is 0 Å². The third kappa shape index (κ3) is 3.10. The Hall–Kier alpha value is -1.30. The molecule has 2 aromatic rings. The van der Waals surface area contributed by atoms with Gasteiger partial charge in [0, 0.05) is 9.61 Å². The number of sulfonamides is 1. The summed E-state index contributed by atoms with van der Waals surface area (Å²) in [5.74, 6) is -0.837. The van der Waals surface area contributed by atoms with Crippen LogP contribution in [0.5, 0.6) is 0 Å². The number of thiophene rings is 1. The number of amides is 2. The van der Waals surface area contributed by atoms with Gasteiger partial charge in [0.15, 0.2) is 0 Å². The molecule has 1 saturated heterocycles. The van der Waals surface area contributed by atoms with E-state index < -0.39 is 22.0 Å². The SMILES string of the molecule is O=C1CC(N(C2CC2)S(=O)(=O)c2cccs2)C(=O)N1c1ccc(I)cc1. The third-order valence-electron chi connectivity index (χ3n) is 4.45. The molecule has 0 bridgehead atoms. The fourth-order valence-electron chi connectivity index (χ4n) is 3.14. The van der Waals surface area contributed by atoms with Crippen LogP contribution in [0.4, 0.5) is 5.69 Å². The number of hydrogen-bond donors (Lipinski definition) is 0. The number of anilines is 1. The van der Waals surface area contributed by atoms with E-state index in [9.17, 15) is 18.0 Å². The number of rotatable bonds is 5. The van der Waals surface area contributed by atoms with Gasteiger partial charge in [0.2, 0.25) is 5.91 Å². The Labute approximate surface area is 169 Å². The smallest absolute Gasteiger partial charge is 0.253 e. The molecule has 9 heteroatoms. The highest BCUT2D eigenvalue weighted by Crippen LogP contribution is 2.39. The van der Waals surface area contributed by atoms with Gasteiger partial charge in [-0.25, -0.2) is 13.3 Å². The van der Waals surface area contributed by atoms with Crippen LogP contribution in [-0.4, -0.2) is 36.6 Å². The molecule has 1 aromatic carbocycles. The van der Waals surface area contributed by atoms with E-state index in [2.05, 4.69) is 22.6 Å². The fraction of sp³-hybridized carbons (Fsp3) is 0.294. The first-order valence-corrected chi connectivity index (χ1v) is 11.5. The van der Waals surface area contributed by atoms with Crippen LogP contribution in [0, 0.1) is 3.57 Å². The van der Waals surface area contributed by atoms with Crippen molar-refractivity contribution in [1.29, 1.82) is 0 Å². The lowest BCUT2D eigenvalue weighted by Gasteiger charge is -2.26. The van der Waals surface area contributed by atoms with Crippen LogP contribution in [0.2, 0.25) is 0 Å². The molecule has 136 valence electrons. The van der Waals surface area contributed by atoms with E-state index in [1.54, 1.807) is 23.6 Å². The van der Waals surface area contributed by atoms with Gasteiger partial charge < -0.3 is 0 Å². The summed E-state index contributed by atoms with van der Waals surface area (Å²) in [4.78, 5) is 26.6. The molecule has 0 radical (unpaired) electrons. The van der Waals surface area contributed by atoms with Gasteiger partial charge in [0.05, 0.1) is 12.1 Å². The molecule has 1 atom stereocenters. The van der Waals surface area contributed by atoms with Gasteiger partial charge >= 0.3 is 0 Å². The molecular formula is C17H15IN2O4S2. The van der Waals surface area contributed by atoms with Crippen LogP contribution in [0.3, 0.4) is 0 Å². The third-order valence-corrected chi connectivity index (χ3v) is 8.50. The molecular weight excluding hydrogens is 487 g/mol. The first-order valence-electron chi connectivity index (χ1n) is 8.09. The molecule has 1 saturated carbocycles. The maximum atomic E-state index is 13.1. The lowest BCUT2D eigenvalue weighted by Crippen LogP contribution is -2.46. The average Bonchev–Trinajstić information content (AvgIpc) is 3.16. The lowest BCUT2D eigenvalue weighted by atomic mass is 10.2. The minimum absolute atomic E-state index is 0.119. The minimum atomic E-state index is -3.80. The molecule has 1 aromatic heterocycles. The highest BCUT2D eigenvalue weighted by atomic mass is 127. The zero-order valence-corrected chi connectivity index (χ0v) is 17.3. The number of carbonyl (C=O) groups is 2. The van der Waals surface area contributed by atoms with Crippen molar-refractivity contribution in [2.45, 2.75) is 35.6 Å². The van der Waals surface area contributed by atoms with Gasteiger partial charge in [-0.1, -0.05) is 6.07 Å². The molecule has 1 unspecified atom stereocenters. The van der Waals surface area contributed by atoms with Crippen molar-refractivity contribution in [3.63, 3.8) is 0 Å². The number of carbonyl (C=O) groups excluding carboxylic acids is 2. The Bertz CT molecular complexity index is 953. The molecule has 2 fully saturated rings. The van der Waals surface area contributed by atoms with E-state index in [0.29, 0.717) is 18.5 Å². The molecule has 2 amide bonds. The van der Waals surface area contributed by atoms with Crippen LogP contribution in [0.15, 0.2) is 46.0 Å². The minimum Gasteiger partial charge on any atom is -0.274 e. The van der Waals surface area contributed by atoms with E-state index in [1.165, 1.54) is 10.4 Å². The first-order chi connectivity index (χ1) is 12.4. The van der Waals surface area contributed by atoms with Crippen molar-refractivity contribution >= 4 is 61.5 Å². The lowest BCUT2D eigenvalue weighted by molar-refractivity contribution is -0.122. The Morgan fingerprint density at radius 3 is 2.38 bits per heavy atom. The standard InChI is InChI=1S/C17H15IN2O4S2/c18-11-3-5-12(6-4-11)19-15(21)10-14(17(19)22)20(13-7-8-13)26(23,24)16-2-1-9-25-16/h1-6,9,13-14H,7-8,10H2. The Morgan fingerprint density at radius 1 is 1.12 bits per heavy atom. The summed E-state index contributed by atoms with van der Waals surface area (Å²) >= 11 is 3.27. The number of imide groups is 1. The summed E-state index contributed by atoms with van der Waals surface area (Å²) in [6, 6.07) is 9.05. The first kappa shape index (κ1) is 18.1. The summed E-state index contributed by atoms with van der Waals surface area (Å²) in [7, 11) is -3.80. The normalized spacial score (nSPS) is 21.0. The highest BCUT2D eigenvalue weighted by Gasteiger charge is 2.52. The molecule has 2 heterocycles. The molecule has 4 rings (SSSR count). The maximum Gasteiger partial charge on any atom is 0.253 e. The van der Waals surface area contributed by atoms with Gasteiger partial charge in [0.25, 0.3) is 15.9 Å². The van der Waals surface area contributed by atoms with Crippen molar-refractivity contribution in [3.05, 3.63) is 45.3 Å². The molecule has 1 aliphatic carbocycles. The maximum absolute atomic E-state index is 13.1. The van der Waals surface area contributed by atoms with Crippen molar-refractivity contribution in [3.8, 4) is 0 Å². The van der Waals surface area contributed by atoms with Gasteiger partial charge in [-0.15, -0.1) is 11.3 Å². The van der Waals surface area contributed by atoms with Crippen LogP contribution >= 0.6 is 33.9 Å². The average molecular weight is 502 g/mol. The molecule has 2 aliphatic rings. The van der Waals surface area contributed by atoms with E-state index in [-0.39, 0.29) is 22.6 Å². The summed E-state index contributed by atoms with van der Waals surface area (Å²) in [5, 5.41) is 1.69. The number of benzene rings is 1. The van der Waals surface area contributed by atoms with Crippen molar-refractivity contribution in [2.75, 3.05) is 4.90 Å². The number of nitrogens with zero attached hydrogens (tertiary/aromatic N) is 2. The molecule has 1 aliphatic heterocycles. The monoisotopic (exact) mass is 502 g/mol. The van der Waals surface area contributed by atoms with E-state index in [0.717, 1.165) is 19.8 Å². The van der Waals surface area contributed by atoms with E-state index in [1.807, 2.05) is 12.1 Å². The van der Waals surface area contributed by atoms with Crippen LogP contribution in [-0.2, 0) is 19.6 Å². The topological polar surface area (TPSA) is 74.8 Å². The molecule has 0 N–H and O–H groups in total. The summed E-state index contributed by atoms with van der Waals surface area (Å²) in [6.45, 7) is 0. The molecule has 0 spiro atoms. The zero-order valence-electron chi connectivity index (χ0n) is 13.5. The van der Waals surface area contributed by atoms with Gasteiger partial charge in [0.1, 0.15) is 10.3 Å². The highest BCUT2D eigenvalue weighted by molar-refractivity contribution is 14.1. The van der Waals surface area contributed by atoms with Gasteiger partial charge in [-0.05, 0) is 71.1 Å². The second kappa shape index (κ2) is 6.70. The summed E-state index contributed by atoms with van der Waals surface area (Å²) < 4.78 is 28.6. The number of halogens is 1. The number of hydrogen-bond acceptors (Lipinski definition) is 5. The Kier molecular flexibility index (Phi) is 4.66. The predicted octanol–water partition coefficient (Wildman–Crippen LogP) is 2.84. The van der Waals surface area contributed by atoms with Crippen molar-refractivity contribution < 1.29 is 18.0 Å². The van der Waals surface area contributed by atoms with E-state index in [4.69, 9.17) is 0 Å². The van der Waals surface area contributed by atoms with Crippen LogP contribution < -0.4 is 4.90 Å². The van der Waals surface area contributed by atoms with Crippen molar-refractivity contribution in [2.24, 2.45) is 0 Å². The fourth-order valence-corrected chi connectivity index (χ4v) is 6.42. The Balaban J connectivity index is 1.69. The Morgan fingerprint density at radius 2 is 1.81 bits per heavy atom. The summed E-state index contributed by atoms with van der Waals surface area (Å²) in [5.41, 5.74) is 0.479. The molecule has 26 heavy (non-hydrogen) atoms. The second-order valence-electron chi connectivity index (χ2n) is 6.26. The van der Waals surface area contributed by atoms with Gasteiger partial charge in [-0.2, -0.15) is 4.31 Å². The van der Waals surface area contributed by atoms with Crippen LogP contribution in [0.1, 0.15) is 19.3 Å². The largest absolute Gasteiger partial charge is 0.274 e. The zero-order chi connectivity index (χ0) is 18.5. The quantitative estimate of drug-likeness (QED) is 0.466. The summed E-state index contributed by atoms with van der Waals surface area (Å²) in [6.07, 6.45) is 1.31. The second-order valence-corrected chi connectivity index (χ2v) is 10.5. The van der Waals surface area contributed by atoms with Crippen molar-refractivity contribution in [1.82, 2.24) is 4.31 Å².